The molecule has 0 aliphatic carbocycles. The summed E-state index contributed by atoms with van der Waals surface area (Å²) >= 11 is 6.02. The Morgan fingerprint density at radius 3 is 2.68 bits per heavy atom. The fourth-order valence-corrected chi connectivity index (χ4v) is 5.60. The maximum atomic E-state index is 12.9. The summed E-state index contributed by atoms with van der Waals surface area (Å²) in [5, 5.41) is 15.0. The maximum Gasteiger partial charge on any atom is 0.208 e. The molecule has 1 fully saturated rings. The number of likely N-dealkylation sites (tertiary alicyclic amines) is 1. The second-order valence-electron chi connectivity index (χ2n) is 10.3. The highest BCUT2D eigenvalue weighted by molar-refractivity contribution is 6.30. The van der Waals surface area contributed by atoms with Crippen molar-refractivity contribution in [2.75, 3.05) is 19.6 Å². The van der Waals surface area contributed by atoms with Crippen molar-refractivity contribution >= 4 is 17.2 Å². The van der Waals surface area contributed by atoms with Crippen LogP contribution in [0.4, 0.5) is 0 Å². The van der Waals surface area contributed by atoms with Crippen LogP contribution >= 0.6 is 11.6 Å². The Labute approximate surface area is 227 Å². The van der Waals surface area contributed by atoms with Crippen molar-refractivity contribution in [3.8, 4) is 11.6 Å². The number of aromatic nitrogens is 1. The summed E-state index contributed by atoms with van der Waals surface area (Å²) in [5.41, 5.74) is 3.42. The lowest BCUT2D eigenvalue weighted by molar-refractivity contribution is -0.0254. The molecule has 0 saturated carbocycles. The normalized spacial score (nSPS) is 18.7. The summed E-state index contributed by atoms with van der Waals surface area (Å²) in [6.45, 7) is 4.19. The number of halogens is 1. The number of benzene rings is 2. The molecule has 3 heterocycles. The van der Waals surface area contributed by atoms with Crippen molar-refractivity contribution in [3.05, 3.63) is 103 Å². The van der Waals surface area contributed by atoms with Gasteiger partial charge >= 0.3 is 0 Å². The van der Waals surface area contributed by atoms with Crippen molar-refractivity contribution in [3.63, 3.8) is 0 Å². The first-order chi connectivity index (χ1) is 18.4. The number of nitroso groups, excluding NO2 is 1. The summed E-state index contributed by atoms with van der Waals surface area (Å²) in [7, 11) is 0. The van der Waals surface area contributed by atoms with Crippen molar-refractivity contribution < 1.29 is 9.84 Å². The lowest BCUT2D eigenvalue weighted by Crippen LogP contribution is -2.42. The van der Waals surface area contributed by atoms with Gasteiger partial charge in [-0.05, 0) is 67.5 Å². The molecular weight excluding hydrogens is 502 g/mol. The minimum Gasteiger partial charge on any atom is -0.440 e. The van der Waals surface area contributed by atoms with Gasteiger partial charge in [-0.2, -0.15) is 4.91 Å². The molecule has 1 atom stereocenters. The number of hydrogen-bond acceptors (Lipinski definition) is 6. The molecule has 0 amide bonds. The molecule has 1 unspecified atom stereocenters. The first-order valence-electron chi connectivity index (χ1n) is 13.1. The van der Waals surface area contributed by atoms with Crippen molar-refractivity contribution in [2.24, 2.45) is 5.18 Å². The van der Waals surface area contributed by atoms with E-state index < -0.39 is 5.60 Å². The molecule has 198 valence electrons. The average Bonchev–Trinajstić information content (AvgIpc) is 3.08. The smallest absolute Gasteiger partial charge is 0.208 e. The Morgan fingerprint density at radius 2 is 1.95 bits per heavy atom. The second kappa shape index (κ2) is 11.2. The van der Waals surface area contributed by atoms with Crippen LogP contribution in [0.3, 0.4) is 0 Å². The van der Waals surface area contributed by atoms with Crippen molar-refractivity contribution in [1.82, 2.24) is 9.88 Å². The first kappa shape index (κ1) is 26.4. The fourth-order valence-electron chi connectivity index (χ4n) is 5.48. The molecule has 2 aliphatic rings. The highest BCUT2D eigenvalue weighted by atomic mass is 35.5. The molecule has 8 heteroatoms. The minimum absolute atomic E-state index is 0.0896. The summed E-state index contributed by atoms with van der Waals surface area (Å²) in [6, 6.07) is 14.4. The monoisotopic (exact) mass is 533 g/mol. The van der Waals surface area contributed by atoms with E-state index in [0.29, 0.717) is 47.9 Å². The molecule has 2 N–H and O–H groups in total. The summed E-state index contributed by atoms with van der Waals surface area (Å²) in [5.74, 6) is 1.12. The van der Waals surface area contributed by atoms with E-state index in [-0.39, 0.29) is 11.5 Å². The standard InChI is InChI=1S/C30H32ClN3O4/c1-20(33-37)18-21-4-2-6-27-25(21)19-22(28-26(35)11-14-32-29(28)38-27)5-3-15-34-16-12-30(36,13-17-34)23-7-9-24(31)10-8-23/h2,4-11,14,20,36H,3,12-13,15-19H2,1H3,(H,32,35). The van der Waals surface area contributed by atoms with Gasteiger partial charge in [-0.15, -0.1) is 0 Å². The predicted molar refractivity (Wildman–Crippen MR) is 150 cm³/mol. The Hall–Kier alpha value is -3.26. The van der Waals surface area contributed by atoms with Crippen LogP contribution < -0.4 is 10.2 Å². The van der Waals surface area contributed by atoms with E-state index in [2.05, 4.69) is 21.1 Å². The summed E-state index contributed by atoms with van der Waals surface area (Å²) in [4.78, 5) is 29.5. The quantitative estimate of drug-likeness (QED) is 0.372. The van der Waals surface area contributed by atoms with E-state index in [4.69, 9.17) is 16.3 Å². The number of aromatic amines is 1. The molecule has 0 radical (unpaired) electrons. The van der Waals surface area contributed by atoms with Gasteiger partial charge in [0.05, 0.1) is 17.2 Å². The number of piperidine rings is 1. The molecule has 2 aliphatic heterocycles. The number of fused-ring (bicyclic) bond motifs is 2. The molecule has 2 aromatic carbocycles. The third-order valence-electron chi connectivity index (χ3n) is 7.65. The fraction of sp³-hybridized carbons (Fsp3) is 0.367. The lowest BCUT2D eigenvalue weighted by Gasteiger charge is -2.38. The molecule has 5 rings (SSSR count). The van der Waals surface area contributed by atoms with Gasteiger partial charge in [0.2, 0.25) is 5.88 Å². The number of H-pyrrole nitrogens is 1. The molecular formula is C30H32ClN3O4. The van der Waals surface area contributed by atoms with Gasteiger partial charge in [0, 0.05) is 48.9 Å². The van der Waals surface area contributed by atoms with Crippen LogP contribution in [-0.4, -0.2) is 40.7 Å². The first-order valence-corrected chi connectivity index (χ1v) is 13.5. The van der Waals surface area contributed by atoms with Gasteiger partial charge in [0.25, 0.3) is 0 Å². The van der Waals surface area contributed by atoms with E-state index >= 15 is 0 Å². The van der Waals surface area contributed by atoms with E-state index in [1.807, 2.05) is 42.5 Å². The molecule has 0 spiro atoms. The van der Waals surface area contributed by atoms with Gasteiger partial charge in [-0.3, -0.25) is 4.79 Å². The molecule has 1 aromatic heterocycles. The Balaban J connectivity index is 1.33. The third-order valence-corrected chi connectivity index (χ3v) is 7.90. The number of ether oxygens (including phenoxy) is 1. The van der Waals surface area contributed by atoms with E-state index in [0.717, 1.165) is 48.3 Å². The number of rotatable bonds is 7. The number of aliphatic hydroxyl groups is 1. The van der Waals surface area contributed by atoms with Crippen LogP contribution in [0.5, 0.6) is 11.6 Å². The largest absolute Gasteiger partial charge is 0.440 e. The van der Waals surface area contributed by atoms with Gasteiger partial charge in [-0.25, -0.2) is 0 Å². The SMILES string of the molecule is CC(Cc1cccc2c1CC(=CCCN1CCC(O)(c3ccc(Cl)cc3)CC1)c1c([nH]ccc1=O)O2)N=O. The van der Waals surface area contributed by atoms with E-state index in [9.17, 15) is 14.8 Å². The molecule has 7 nitrogen and oxygen atoms in total. The molecule has 3 aromatic rings. The highest BCUT2D eigenvalue weighted by Gasteiger charge is 2.33. The Morgan fingerprint density at radius 1 is 1.18 bits per heavy atom. The third kappa shape index (κ3) is 5.60. The maximum absolute atomic E-state index is 12.9. The Kier molecular flexibility index (Phi) is 7.79. The summed E-state index contributed by atoms with van der Waals surface area (Å²) in [6.07, 6.45) is 6.84. The zero-order valence-electron chi connectivity index (χ0n) is 21.5. The second-order valence-corrected chi connectivity index (χ2v) is 10.7. The predicted octanol–water partition coefficient (Wildman–Crippen LogP) is 5.83. The molecule has 0 bridgehead atoms. The zero-order chi connectivity index (χ0) is 26.7. The number of nitrogens with zero attached hydrogens (tertiary/aromatic N) is 2. The van der Waals surface area contributed by atoms with Crippen LogP contribution in [0, 0.1) is 4.91 Å². The van der Waals surface area contributed by atoms with Crippen LogP contribution in [0.1, 0.15) is 48.4 Å². The average molecular weight is 534 g/mol. The lowest BCUT2D eigenvalue weighted by atomic mass is 9.84. The van der Waals surface area contributed by atoms with E-state index in [1.165, 1.54) is 6.07 Å². The van der Waals surface area contributed by atoms with Crippen molar-refractivity contribution in [2.45, 2.75) is 50.7 Å². The van der Waals surface area contributed by atoms with Gasteiger partial charge in [0.15, 0.2) is 5.43 Å². The Bertz CT molecular complexity index is 1390. The van der Waals surface area contributed by atoms with Crippen LogP contribution in [0.25, 0.3) is 5.57 Å². The van der Waals surface area contributed by atoms with Crippen molar-refractivity contribution in [1.29, 1.82) is 0 Å². The number of hydrogen-bond donors (Lipinski definition) is 2. The molecule has 38 heavy (non-hydrogen) atoms. The number of nitrogens with one attached hydrogen (secondary N) is 1. The van der Waals surface area contributed by atoms with Gasteiger partial charge in [0.1, 0.15) is 5.75 Å². The van der Waals surface area contributed by atoms with Crippen LogP contribution in [0.15, 0.2) is 70.8 Å². The molecule has 1 saturated heterocycles. The van der Waals surface area contributed by atoms with E-state index in [1.54, 1.807) is 13.1 Å². The zero-order valence-corrected chi connectivity index (χ0v) is 22.2. The number of allylic oxidation sites excluding steroid dienone is 1. The van der Waals surface area contributed by atoms with Crippen LogP contribution in [-0.2, 0) is 18.4 Å². The summed E-state index contributed by atoms with van der Waals surface area (Å²) < 4.78 is 6.19. The minimum atomic E-state index is -0.835. The van der Waals surface area contributed by atoms with Gasteiger partial charge in [-0.1, -0.05) is 47.1 Å². The van der Waals surface area contributed by atoms with Gasteiger partial charge < -0.3 is 19.7 Å². The van der Waals surface area contributed by atoms with Crippen LogP contribution in [0.2, 0.25) is 5.02 Å². The topological polar surface area (TPSA) is 95.0 Å². The number of pyridine rings is 1. The highest BCUT2D eigenvalue weighted by Crippen LogP contribution is 2.38.